The molecule has 8 nitrogen and oxygen atoms in total. The molecule has 0 spiro atoms. The molecule has 0 aliphatic carbocycles. The second kappa shape index (κ2) is 9.79. The molecule has 2 aromatic carbocycles. The molecule has 0 saturated heterocycles. The van der Waals surface area contributed by atoms with E-state index in [1.807, 2.05) is 48.5 Å². The van der Waals surface area contributed by atoms with Gasteiger partial charge in [-0.3, -0.25) is 14.5 Å². The molecule has 0 saturated carbocycles. The lowest BCUT2D eigenvalue weighted by molar-refractivity contribution is -0.139. The van der Waals surface area contributed by atoms with Gasteiger partial charge in [0.25, 0.3) is 5.56 Å². The molecule has 9 heteroatoms. The summed E-state index contributed by atoms with van der Waals surface area (Å²) in [5.41, 5.74) is 3.95. The predicted molar refractivity (Wildman–Crippen MR) is 137 cm³/mol. The van der Waals surface area contributed by atoms with Crippen LogP contribution in [0.25, 0.3) is 17.3 Å². The van der Waals surface area contributed by atoms with Crippen LogP contribution in [-0.4, -0.2) is 34.5 Å². The maximum atomic E-state index is 13.8. The van der Waals surface area contributed by atoms with Crippen LogP contribution >= 0.6 is 11.3 Å². The summed E-state index contributed by atoms with van der Waals surface area (Å²) in [4.78, 5) is 31.9. The molecule has 1 N–H and O–H groups in total. The number of nitrogens with zero attached hydrogens (tertiary/aromatic N) is 3. The fraction of sp³-hybridized carbons (Fsp3) is 0.185. The normalized spacial score (nSPS) is 15.4. The highest BCUT2D eigenvalue weighted by molar-refractivity contribution is 7.07. The summed E-state index contributed by atoms with van der Waals surface area (Å²) < 4.78 is 12.7. The minimum Gasteiger partial charge on any atom is -0.497 e. The first kappa shape index (κ1) is 23.5. The summed E-state index contributed by atoms with van der Waals surface area (Å²) in [7, 11) is 1.59. The van der Waals surface area contributed by atoms with Gasteiger partial charge in [-0.2, -0.15) is 5.10 Å². The number of nitrogens with one attached hydrogen (secondary N) is 1. The zero-order chi connectivity index (χ0) is 25.2. The number of rotatable bonds is 6. The number of esters is 1. The number of hydrogen-bond acceptors (Lipinski definition) is 7. The Morgan fingerprint density at radius 1 is 1.17 bits per heavy atom. The number of benzene rings is 2. The zero-order valence-electron chi connectivity index (χ0n) is 20.0. The maximum absolute atomic E-state index is 13.8. The van der Waals surface area contributed by atoms with Gasteiger partial charge in [0, 0.05) is 11.1 Å². The standard InChI is InChI=1S/C27H24N4O4S/c1-4-35-26(33)22-16(2)29-27-31(24(22)18-10-12-20(34-3)13-11-18)25(32)21(36-27)14-19-15-28-30-23(19)17-8-6-5-7-9-17/h5-15,24H,4H2,1-3H3,(H,28,30)/t24-/m1/s1. The zero-order valence-corrected chi connectivity index (χ0v) is 20.8. The van der Waals surface area contributed by atoms with E-state index in [1.54, 1.807) is 43.9 Å². The summed E-state index contributed by atoms with van der Waals surface area (Å²) in [6.45, 7) is 3.74. The molecule has 1 aliphatic rings. The van der Waals surface area contributed by atoms with Gasteiger partial charge in [0.05, 0.1) is 47.5 Å². The Morgan fingerprint density at radius 3 is 2.61 bits per heavy atom. The van der Waals surface area contributed by atoms with Crippen LogP contribution in [0.3, 0.4) is 0 Å². The number of carbonyl (C=O) groups excluding carboxylic acids is 1. The van der Waals surface area contributed by atoms with Gasteiger partial charge >= 0.3 is 5.97 Å². The Labute approximate surface area is 210 Å². The Morgan fingerprint density at radius 2 is 1.92 bits per heavy atom. The van der Waals surface area contributed by atoms with Crippen LogP contribution in [0.15, 0.2) is 81.9 Å². The number of fused-ring (bicyclic) bond motifs is 1. The maximum Gasteiger partial charge on any atom is 0.338 e. The van der Waals surface area contributed by atoms with Crippen LogP contribution in [-0.2, 0) is 9.53 Å². The van der Waals surface area contributed by atoms with E-state index in [1.165, 1.54) is 11.3 Å². The molecule has 4 aromatic rings. The molecule has 1 aliphatic heterocycles. The second-order valence-electron chi connectivity index (χ2n) is 8.14. The minimum absolute atomic E-state index is 0.220. The second-order valence-corrected chi connectivity index (χ2v) is 9.15. The average Bonchev–Trinajstić information content (AvgIpc) is 3.48. The van der Waals surface area contributed by atoms with Crippen molar-refractivity contribution in [3.8, 4) is 17.0 Å². The third kappa shape index (κ3) is 4.18. The van der Waals surface area contributed by atoms with Crippen LogP contribution in [0.5, 0.6) is 5.75 Å². The van der Waals surface area contributed by atoms with Crippen molar-refractivity contribution >= 4 is 23.4 Å². The van der Waals surface area contributed by atoms with Crippen molar-refractivity contribution in [1.82, 2.24) is 14.8 Å². The molecule has 2 aromatic heterocycles. The molecule has 0 amide bonds. The fourth-order valence-corrected chi connectivity index (χ4v) is 5.31. The van der Waals surface area contributed by atoms with Gasteiger partial charge in [-0.15, -0.1) is 0 Å². The molecular weight excluding hydrogens is 476 g/mol. The number of carbonyl (C=O) groups is 1. The van der Waals surface area contributed by atoms with Gasteiger partial charge in [-0.1, -0.05) is 53.8 Å². The van der Waals surface area contributed by atoms with Gasteiger partial charge in [0.2, 0.25) is 0 Å². The number of H-pyrrole nitrogens is 1. The average molecular weight is 501 g/mol. The molecule has 182 valence electrons. The first-order valence-electron chi connectivity index (χ1n) is 11.4. The van der Waals surface area contributed by atoms with Crippen LogP contribution in [0.1, 0.15) is 31.0 Å². The van der Waals surface area contributed by atoms with Crippen molar-refractivity contribution in [2.45, 2.75) is 19.9 Å². The third-order valence-corrected chi connectivity index (χ3v) is 6.95. The SMILES string of the molecule is CCOC(=O)C1=C(C)N=c2sc(=Cc3cn[nH]c3-c3ccccc3)c(=O)n2[C@@H]1c1ccc(OC)cc1. The number of aromatic nitrogens is 3. The Bertz CT molecular complexity index is 1630. The molecule has 0 unspecified atom stereocenters. The number of allylic oxidation sites excluding steroid dienone is 1. The van der Waals surface area contributed by atoms with E-state index in [4.69, 9.17) is 9.47 Å². The third-order valence-electron chi connectivity index (χ3n) is 5.97. The first-order valence-corrected chi connectivity index (χ1v) is 12.3. The van der Waals surface area contributed by atoms with E-state index in [2.05, 4.69) is 15.2 Å². The minimum atomic E-state index is -0.675. The summed E-state index contributed by atoms with van der Waals surface area (Å²) in [5.74, 6) is 0.188. The van der Waals surface area contributed by atoms with E-state index in [0.717, 1.165) is 22.4 Å². The lowest BCUT2D eigenvalue weighted by Gasteiger charge is -2.24. The quantitative estimate of drug-likeness (QED) is 0.410. The van der Waals surface area contributed by atoms with Crippen LogP contribution in [0.4, 0.5) is 0 Å². The number of hydrogen-bond donors (Lipinski definition) is 1. The molecule has 0 radical (unpaired) electrons. The van der Waals surface area contributed by atoms with Crippen molar-refractivity contribution in [1.29, 1.82) is 0 Å². The Hall–Kier alpha value is -4.24. The van der Waals surface area contributed by atoms with Crippen LogP contribution < -0.4 is 19.6 Å². The van der Waals surface area contributed by atoms with Crippen LogP contribution in [0.2, 0.25) is 0 Å². The van der Waals surface area contributed by atoms with E-state index in [-0.39, 0.29) is 12.2 Å². The van der Waals surface area contributed by atoms with Gasteiger partial charge in [0.1, 0.15) is 5.75 Å². The van der Waals surface area contributed by atoms with Gasteiger partial charge in [0.15, 0.2) is 4.80 Å². The van der Waals surface area contributed by atoms with Gasteiger partial charge in [-0.25, -0.2) is 9.79 Å². The van der Waals surface area contributed by atoms with Crippen molar-refractivity contribution in [3.63, 3.8) is 0 Å². The van der Waals surface area contributed by atoms with Crippen molar-refractivity contribution < 1.29 is 14.3 Å². The molecule has 3 heterocycles. The highest BCUT2D eigenvalue weighted by Crippen LogP contribution is 2.31. The smallest absolute Gasteiger partial charge is 0.338 e. The summed E-state index contributed by atoms with van der Waals surface area (Å²) in [6, 6.07) is 16.4. The van der Waals surface area contributed by atoms with Gasteiger partial charge < -0.3 is 9.47 Å². The molecule has 0 fully saturated rings. The number of methoxy groups -OCH3 is 1. The number of aromatic amines is 1. The molecular formula is C27H24N4O4S. The van der Waals surface area contributed by atoms with E-state index in [9.17, 15) is 9.59 Å². The van der Waals surface area contributed by atoms with E-state index in [0.29, 0.717) is 26.4 Å². The summed E-state index contributed by atoms with van der Waals surface area (Å²) in [6.07, 6.45) is 3.50. The van der Waals surface area contributed by atoms with E-state index < -0.39 is 12.0 Å². The van der Waals surface area contributed by atoms with Crippen molar-refractivity contribution in [2.75, 3.05) is 13.7 Å². The molecule has 1 atom stereocenters. The predicted octanol–water partition coefficient (Wildman–Crippen LogP) is 3.20. The van der Waals surface area contributed by atoms with Gasteiger partial charge in [-0.05, 0) is 37.6 Å². The highest BCUT2D eigenvalue weighted by atomic mass is 32.1. The highest BCUT2D eigenvalue weighted by Gasteiger charge is 2.33. The van der Waals surface area contributed by atoms with Crippen molar-refractivity contribution in [2.24, 2.45) is 4.99 Å². The summed E-state index contributed by atoms with van der Waals surface area (Å²) >= 11 is 1.28. The topological polar surface area (TPSA) is 98.6 Å². The van der Waals surface area contributed by atoms with Crippen LogP contribution in [0, 0.1) is 0 Å². The molecule has 0 bridgehead atoms. The number of ether oxygens (including phenoxy) is 2. The lowest BCUT2D eigenvalue weighted by Crippen LogP contribution is -2.39. The Kier molecular flexibility index (Phi) is 6.39. The Balaban J connectivity index is 1.69. The molecule has 36 heavy (non-hydrogen) atoms. The fourth-order valence-electron chi connectivity index (χ4n) is 4.28. The van der Waals surface area contributed by atoms with Crippen molar-refractivity contribution in [3.05, 3.63) is 103 Å². The largest absolute Gasteiger partial charge is 0.497 e. The van der Waals surface area contributed by atoms with E-state index >= 15 is 0 Å². The first-order chi connectivity index (χ1) is 17.5. The lowest BCUT2D eigenvalue weighted by atomic mass is 9.96. The monoisotopic (exact) mass is 500 g/mol. The summed E-state index contributed by atoms with van der Waals surface area (Å²) in [5, 5.41) is 7.21. The molecule has 5 rings (SSSR count). The number of thiazole rings is 1.